The molecule has 5 heteroatoms. The first-order valence-corrected chi connectivity index (χ1v) is 6.48. The molecule has 1 aromatic heterocycles. The van der Waals surface area contributed by atoms with Gasteiger partial charge in [-0.1, -0.05) is 13.8 Å². The second-order valence-electron chi connectivity index (χ2n) is 5.36. The fourth-order valence-corrected chi connectivity index (χ4v) is 2.14. The third-order valence-electron chi connectivity index (χ3n) is 2.99. The van der Waals surface area contributed by atoms with Gasteiger partial charge in [0.05, 0.1) is 6.61 Å². The topological polar surface area (TPSA) is 64.3 Å². The molecule has 2 N–H and O–H groups in total. The monoisotopic (exact) mass is 250 g/mol. The van der Waals surface area contributed by atoms with Crippen molar-refractivity contribution in [2.24, 2.45) is 5.92 Å². The normalized spacial score (nSPS) is 21.4. The summed E-state index contributed by atoms with van der Waals surface area (Å²) < 4.78 is 5.73. The Morgan fingerprint density at radius 2 is 2.28 bits per heavy atom. The first-order chi connectivity index (χ1) is 8.54. The molecule has 1 aromatic rings. The van der Waals surface area contributed by atoms with Crippen LogP contribution in [0.4, 0.5) is 5.82 Å². The zero-order valence-electron chi connectivity index (χ0n) is 11.4. The van der Waals surface area contributed by atoms with Gasteiger partial charge < -0.3 is 15.4 Å². The van der Waals surface area contributed by atoms with Gasteiger partial charge in [0.15, 0.2) is 5.82 Å². The van der Waals surface area contributed by atoms with Crippen LogP contribution in [0.15, 0.2) is 6.07 Å². The van der Waals surface area contributed by atoms with Crippen molar-refractivity contribution in [1.29, 1.82) is 0 Å². The van der Waals surface area contributed by atoms with Crippen LogP contribution in [0.2, 0.25) is 0 Å². The second-order valence-corrected chi connectivity index (χ2v) is 5.36. The number of nitrogens with two attached hydrogens (primary N) is 1. The molecule has 0 amide bonds. The Morgan fingerprint density at radius 3 is 2.94 bits per heavy atom. The summed E-state index contributed by atoms with van der Waals surface area (Å²) in [5, 5.41) is 0. The number of hydrogen-bond donors (Lipinski definition) is 1. The quantitative estimate of drug-likeness (QED) is 0.875. The summed E-state index contributed by atoms with van der Waals surface area (Å²) in [5.74, 6) is 1.81. The summed E-state index contributed by atoms with van der Waals surface area (Å²) in [6.45, 7) is 6.84. The third-order valence-corrected chi connectivity index (χ3v) is 2.99. The largest absolute Gasteiger partial charge is 0.384 e. The van der Waals surface area contributed by atoms with E-state index in [2.05, 4.69) is 35.8 Å². The highest BCUT2D eigenvalue weighted by Gasteiger charge is 2.22. The molecule has 0 aromatic carbocycles. The first kappa shape index (κ1) is 13.2. The Bertz CT molecular complexity index is 408. The minimum atomic E-state index is -0.0573. The first-order valence-electron chi connectivity index (χ1n) is 6.48. The molecule has 1 saturated heterocycles. The molecule has 0 radical (unpaired) electrons. The highest BCUT2D eigenvalue weighted by molar-refractivity contribution is 5.30. The predicted octanol–water partition coefficient (Wildman–Crippen LogP) is 1.26. The molecule has 1 aliphatic rings. The van der Waals surface area contributed by atoms with Crippen LogP contribution in [-0.2, 0) is 11.2 Å². The lowest BCUT2D eigenvalue weighted by molar-refractivity contribution is -0.0255. The molecule has 0 bridgehead atoms. The van der Waals surface area contributed by atoms with Gasteiger partial charge in [-0.15, -0.1) is 0 Å². The van der Waals surface area contributed by atoms with Crippen LogP contribution in [0.25, 0.3) is 0 Å². The molecule has 100 valence electrons. The molecule has 0 spiro atoms. The molecule has 0 saturated carbocycles. The van der Waals surface area contributed by atoms with Crippen LogP contribution in [0.1, 0.15) is 31.5 Å². The van der Waals surface area contributed by atoms with Gasteiger partial charge in [0.2, 0.25) is 0 Å². The lowest BCUT2D eigenvalue weighted by Gasteiger charge is -2.29. The maximum atomic E-state index is 5.86. The van der Waals surface area contributed by atoms with Crippen molar-refractivity contribution in [2.75, 3.05) is 32.5 Å². The number of ether oxygens (including phenoxy) is 1. The van der Waals surface area contributed by atoms with E-state index in [0.29, 0.717) is 11.7 Å². The SMILES string of the molecule is CC(C)Cc1cc(N)nc(C2CN(C)CCO2)n1. The van der Waals surface area contributed by atoms with Crippen molar-refractivity contribution in [3.63, 3.8) is 0 Å². The fourth-order valence-electron chi connectivity index (χ4n) is 2.14. The van der Waals surface area contributed by atoms with Gasteiger partial charge in [-0.25, -0.2) is 9.97 Å². The number of nitrogens with zero attached hydrogens (tertiary/aromatic N) is 3. The molecule has 0 aliphatic carbocycles. The highest BCUT2D eigenvalue weighted by atomic mass is 16.5. The molecule has 1 unspecified atom stereocenters. The number of likely N-dealkylation sites (N-methyl/N-ethyl adjacent to an activating group) is 1. The van der Waals surface area contributed by atoms with Gasteiger partial charge in [0.25, 0.3) is 0 Å². The van der Waals surface area contributed by atoms with Crippen LogP contribution in [-0.4, -0.2) is 41.6 Å². The number of anilines is 1. The summed E-state index contributed by atoms with van der Waals surface area (Å²) >= 11 is 0. The zero-order chi connectivity index (χ0) is 13.1. The predicted molar refractivity (Wildman–Crippen MR) is 71.2 cm³/mol. The zero-order valence-corrected chi connectivity index (χ0v) is 11.4. The number of aromatic nitrogens is 2. The standard InChI is InChI=1S/C13H22N4O/c1-9(2)6-10-7-12(14)16-13(15-10)11-8-17(3)4-5-18-11/h7,9,11H,4-6,8H2,1-3H3,(H2,14,15,16). The van der Waals surface area contributed by atoms with E-state index < -0.39 is 0 Å². The average Bonchev–Trinajstić information content (AvgIpc) is 2.27. The van der Waals surface area contributed by atoms with E-state index in [0.717, 1.165) is 37.6 Å². The van der Waals surface area contributed by atoms with Crippen molar-refractivity contribution < 1.29 is 4.74 Å². The van der Waals surface area contributed by atoms with E-state index in [4.69, 9.17) is 10.5 Å². The Morgan fingerprint density at radius 1 is 1.50 bits per heavy atom. The minimum Gasteiger partial charge on any atom is -0.384 e. The molecule has 5 nitrogen and oxygen atoms in total. The van der Waals surface area contributed by atoms with Gasteiger partial charge in [-0.2, -0.15) is 0 Å². The highest BCUT2D eigenvalue weighted by Crippen LogP contribution is 2.20. The van der Waals surface area contributed by atoms with E-state index in [1.54, 1.807) is 0 Å². The van der Waals surface area contributed by atoms with Gasteiger partial charge >= 0.3 is 0 Å². The van der Waals surface area contributed by atoms with Crippen LogP contribution in [0.3, 0.4) is 0 Å². The Balaban J connectivity index is 2.18. The van der Waals surface area contributed by atoms with Crippen LogP contribution in [0, 0.1) is 5.92 Å². The summed E-state index contributed by atoms with van der Waals surface area (Å²) in [5.41, 5.74) is 6.86. The summed E-state index contributed by atoms with van der Waals surface area (Å²) in [6.07, 6.45) is 0.862. The van der Waals surface area contributed by atoms with Gasteiger partial charge in [-0.3, -0.25) is 0 Å². The molecule has 1 atom stereocenters. The van der Waals surface area contributed by atoms with E-state index in [1.165, 1.54) is 0 Å². The van der Waals surface area contributed by atoms with Crippen molar-refractivity contribution >= 4 is 5.82 Å². The van der Waals surface area contributed by atoms with Crippen LogP contribution >= 0.6 is 0 Å². The van der Waals surface area contributed by atoms with Crippen molar-refractivity contribution in [3.8, 4) is 0 Å². The maximum Gasteiger partial charge on any atom is 0.161 e. The number of rotatable bonds is 3. The number of hydrogen-bond acceptors (Lipinski definition) is 5. The fraction of sp³-hybridized carbons (Fsp3) is 0.692. The van der Waals surface area contributed by atoms with E-state index >= 15 is 0 Å². The Hall–Kier alpha value is -1.20. The molecule has 2 rings (SSSR count). The van der Waals surface area contributed by atoms with Crippen molar-refractivity contribution in [3.05, 3.63) is 17.6 Å². The lowest BCUT2D eigenvalue weighted by atomic mass is 10.1. The molecule has 2 heterocycles. The number of morpholine rings is 1. The second kappa shape index (κ2) is 5.63. The van der Waals surface area contributed by atoms with Crippen LogP contribution in [0.5, 0.6) is 0 Å². The summed E-state index contributed by atoms with van der Waals surface area (Å²) in [7, 11) is 2.08. The van der Waals surface area contributed by atoms with E-state index in [1.807, 2.05) is 6.07 Å². The lowest BCUT2D eigenvalue weighted by Crippen LogP contribution is -2.36. The van der Waals surface area contributed by atoms with Gasteiger partial charge in [-0.05, 0) is 19.4 Å². The molecular formula is C13H22N4O. The summed E-state index contributed by atoms with van der Waals surface area (Å²) in [6, 6.07) is 1.86. The third kappa shape index (κ3) is 3.40. The van der Waals surface area contributed by atoms with E-state index in [-0.39, 0.29) is 6.10 Å². The van der Waals surface area contributed by atoms with Crippen molar-refractivity contribution in [2.45, 2.75) is 26.4 Å². The molecule has 1 aliphatic heterocycles. The number of nitrogen functional groups attached to an aromatic ring is 1. The minimum absolute atomic E-state index is 0.0573. The van der Waals surface area contributed by atoms with E-state index in [9.17, 15) is 0 Å². The molecule has 18 heavy (non-hydrogen) atoms. The maximum absolute atomic E-state index is 5.86. The van der Waals surface area contributed by atoms with Gasteiger partial charge in [0.1, 0.15) is 11.9 Å². The van der Waals surface area contributed by atoms with Crippen molar-refractivity contribution in [1.82, 2.24) is 14.9 Å². The van der Waals surface area contributed by atoms with Gasteiger partial charge in [0, 0.05) is 24.8 Å². The Labute approximate surface area is 108 Å². The Kier molecular flexibility index (Phi) is 4.14. The van der Waals surface area contributed by atoms with Crippen LogP contribution < -0.4 is 5.73 Å². The average molecular weight is 250 g/mol. The summed E-state index contributed by atoms with van der Waals surface area (Å²) in [4.78, 5) is 11.1. The molecular weight excluding hydrogens is 228 g/mol. The molecule has 1 fully saturated rings. The smallest absolute Gasteiger partial charge is 0.161 e.